The molecule has 0 saturated heterocycles. The summed E-state index contributed by atoms with van der Waals surface area (Å²) in [4.78, 5) is 2.51. The Morgan fingerprint density at radius 3 is 1.73 bits per heavy atom. The number of fused-ring (bicyclic) bond motifs is 18. The fourth-order valence-corrected chi connectivity index (χ4v) is 12.6. The summed E-state index contributed by atoms with van der Waals surface area (Å²) in [5.74, 6) is 0.0577. The van der Waals surface area contributed by atoms with E-state index in [1.807, 2.05) is 12.1 Å². The van der Waals surface area contributed by atoms with Gasteiger partial charge in [0.05, 0.1) is 61.6 Å². The van der Waals surface area contributed by atoms with Crippen LogP contribution in [0, 0.1) is 22.7 Å². The van der Waals surface area contributed by atoms with Crippen LogP contribution in [0.5, 0.6) is 0 Å². The Hall–Kier alpha value is -9.36. The van der Waals surface area contributed by atoms with Crippen LogP contribution in [-0.4, -0.2) is 19.7 Å². The first-order chi connectivity index (χ1) is 34.7. The molecule has 12 aromatic rings. The zero-order valence-corrected chi connectivity index (χ0v) is 37.9. The SMILES string of the molecule is N#Cc1cc(-n2c3ccc4ccccc4c3c3ccc4c(c5ccccc5n4-c4ccccc4)c32)c(C#N)cc1-n1c2ccc3ccccc3c2c2ccc3c(c21)C1C=CC=CC1N3C1=CCCC=C1. The zero-order valence-electron chi connectivity index (χ0n) is 37.9. The first-order valence-corrected chi connectivity index (χ1v) is 24.1. The normalized spacial score (nSPS) is 16.3. The molecule has 15 rings (SSSR count). The third kappa shape index (κ3) is 5.14. The number of nitrogens with zero attached hydrogens (tertiary/aromatic N) is 6. The second-order valence-corrected chi connectivity index (χ2v) is 18.8. The Labute approximate surface area is 402 Å². The van der Waals surface area contributed by atoms with Gasteiger partial charge in [0.15, 0.2) is 0 Å². The number of hydrogen-bond donors (Lipinski definition) is 0. The van der Waals surface area contributed by atoms with Gasteiger partial charge in [-0.25, -0.2) is 0 Å². The number of hydrogen-bond acceptors (Lipinski definition) is 3. The van der Waals surface area contributed by atoms with Crippen molar-refractivity contribution in [3.05, 3.63) is 229 Å². The van der Waals surface area contributed by atoms with Crippen LogP contribution in [0.4, 0.5) is 5.69 Å². The number of allylic oxidation sites excluding steroid dienone is 5. The van der Waals surface area contributed by atoms with Crippen molar-refractivity contribution in [3.8, 4) is 29.2 Å². The summed E-state index contributed by atoms with van der Waals surface area (Å²) in [7, 11) is 0. The minimum atomic E-state index is 0.0577. The van der Waals surface area contributed by atoms with Crippen molar-refractivity contribution >= 4 is 92.6 Å². The van der Waals surface area contributed by atoms with Crippen molar-refractivity contribution in [2.24, 2.45) is 0 Å². The smallest absolute Gasteiger partial charge is 0.101 e. The summed E-state index contributed by atoms with van der Waals surface area (Å²) < 4.78 is 6.92. The predicted molar refractivity (Wildman–Crippen MR) is 288 cm³/mol. The van der Waals surface area contributed by atoms with E-state index in [9.17, 15) is 10.5 Å². The van der Waals surface area contributed by atoms with Gasteiger partial charge in [0.25, 0.3) is 0 Å². The topological polar surface area (TPSA) is 65.6 Å². The van der Waals surface area contributed by atoms with E-state index in [1.54, 1.807) is 0 Å². The van der Waals surface area contributed by atoms with E-state index in [-0.39, 0.29) is 12.0 Å². The molecule has 3 aliphatic rings. The Bertz CT molecular complexity index is 4520. The summed E-state index contributed by atoms with van der Waals surface area (Å²) in [5, 5.41) is 34.5. The fourth-order valence-electron chi connectivity index (χ4n) is 12.6. The predicted octanol–water partition coefficient (Wildman–Crippen LogP) is 15.7. The summed E-state index contributed by atoms with van der Waals surface area (Å²) in [6, 6.07) is 63.6. The van der Waals surface area contributed by atoms with Crippen molar-refractivity contribution < 1.29 is 0 Å². The highest BCUT2D eigenvalue weighted by Gasteiger charge is 2.41. The van der Waals surface area contributed by atoms with Crippen molar-refractivity contribution in [3.63, 3.8) is 0 Å². The molecule has 0 N–H and O–H groups in total. The van der Waals surface area contributed by atoms with Crippen molar-refractivity contribution in [2.45, 2.75) is 24.8 Å². The molecule has 3 aromatic heterocycles. The number of benzene rings is 9. The van der Waals surface area contributed by atoms with Crippen molar-refractivity contribution in [1.82, 2.24) is 13.7 Å². The van der Waals surface area contributed by atoms with Gasteiger partial charge in [-0.3, -0.25) is 0 Å². The molecule has 326 valence electrons. The lowest BCUT2D eigenvalue weighted by molar-refractivity contribution is 0.726. The van der Waals surface area contributed by atoms with Crippen LogP contribution in [-0.2, 0) is 0 Å². The summed E-state index contributed by atoms with van der Waals surface area (Å²) >= 11 is 0. The van der Waals surface area contributed by atoms with Crippen LogP contribution < -0.4 is 4.90 Å². The third-order valence-corrected chi connectivity index (χ3v) is 15.4. The molecule has 2 atom stereocenters. The largest absolute Gasteiger partial charge is 0.334 e. The van der Waals surface area contributed by atoms with Crippen molar-refractivity contribution in [1.29, 1.82) is 10.5 Å². The average molecular weight is 893 g/mol. The molecule has 0 spiro atoms. The quantitative estimate of drug-likeness (QED) is 0.177. The Kier molecular flexibility index (Phi) is 8.06. The lowest BCUT2D eigenvalue weighted by Crippen LogP contribution is -2.31. The molecule has 6 nitrogen and oxygen atoms in total. The van der Waals surface area contributed by atoms with Gasteiger partial charge in [-0.2, -0.15) is 10.5 Å². The van der Waals surface area contributed by atoms with E-state index in [0.717, 1.165) is 111 Å². The minimum Gasteiger partial charge on any atom is -0.334 e. The number of rotatable bonds is 4. The fraction of sp³-hybridized carbons (Fsp3) is 0.0625. The molecule has 1 aliphatic heterocycles. The van der Waals surface area contributed by atoms with Gasteiger partial charge >= 0.3 is 0 Å². The molecule has 0 radical (unpaired) electrons. The van der Waals surface area contributed by atoms with Gasteiger partial charge in [-0.1, -0.05) is 146 Å². The van der Waals surface area contributed by atoms with Gasteiger partial charge in [0, 0.05) is 60.9 Å². The minimum absolute atomic E-state index is 0.0577. The Morgan fingerprint density at radius 2 is 1.04 bits per heavy atom. The summed E-state index contributed by atoms with van der Waals surface area (Å²) in [6.07, 6.45) is 18.0. The number of nitriles is 2. The van der Waals surface area contributed by atoms with Crippen molar-refractivity contribution in [2.75, 3.05) is 4.90 Å². The molecule has 2 aliphatic carbocycles. The van der Waals surface area contributed by atoms with E-state index in [0.29, 0.717) is 22.5 Å². The maximum atomic E-state index is 11.6. The molecule has 0 bridgehead atoms. The first kappa shape index (κ1) is 38.7. The van der Waals surface area contributed by atoms with E-state index in [1.165, 1.54) is 11.3 Å². The number of aromatic nitrogens is 3. The molecule has 70 heavy (non-hydrogen) atoms. The van der Waals surface area contributed by atoms with Gasteiger partial charge < -0.3 is 18.6 Å². The maximum Gasteiger partial charge on any atom is 0.101 e. The lowest BCUT2D eigenvalue weighted by Gasteiger charge is -2.30. The van der Waals surface area contributed by atoms with E-state index in [4.69, 9.17) is 0 Å². The average Bonchev–Trinajstić information content (AvgIpc) is 4.16. The molecule has 0 fully saturated rings. The van der Waals surface area contributed by atoms with E-state index in [2.05, 4.69) is 225 Å². The van der Waals surface area contributed by atoms with Crippen LogP contribution in [0.2, 0.25) is 0 Å². The van der Waals surface area contributed by atoms with Gasteiger partial charge in [0.2, 0.25) is 0 Å². The molecule has 9 aromatic carbocycles. The van der Waals surface area contributed by atoms with Crippen LogP contribution in [0.15, 0.2) is 212 Å². The molecule has 0 amide bonds. The van der Waals surface area contributed by atoms with E-state index < -0.39 is 0 Å². The standard InChI is InChI=1S/C64H40N6/c65-37-41-36-58(70-54-32-28-40-16-8-10-22-46(40)60(54)50-30-34-56-62(64(50)70)48-24-12-14-26-52(48)68(56)44-19-5-2-6-20-44)42(38-66)35-57(41)69-53-31-27-39-15-7-9-21-45(39)59(53)49-29-33-55-61(63(49)69)47-23-11-13-25-51(47)67(55)43-17-3-1-4-18-43/h1,3-5,7-36,48,52H,2,6H2. The molecule has 2 unspecified atom stereocenters. The monoisotopic (exact) mass is 892 g/mol. The third-order valence-electron chi connectivity index (χ3n) is 15.4. The highest BCUT2D eigenvalue weighted by molar-refractivity contribution is 6.30. The molecular formula is C64H40N6. The number of anilines is 1. The summed E-state index contributed by atoms with van der Waals surface area (Å²) in [5.41, 5.74) is 13.2. The second kappa shape index (κ2) is 14.6. The highest BCUT2D eigenvalue weighted by atomic mass is 15.2. The number of para-hydroxylation sites is 2. The van der Waals surface area contributed by atoms with Gasteiger partial charge in [-0.15, -0.1) is 0 Å². The second-order valence-electron chi connectivity index (χ2n) is 18.8. The Balaban J connectivity index is 1.08. The Morgan fingerprint density at radius 1 is 0.457 bits per heavy atom. The maximum absolute atomic E-state index is 11.6. The van der Waals surface area contributed by atoms with Gasteiger partial charge in [0.1, 0.15) is 12.1 Å². The molecule has 0 saturated carbocycles. The molecule has 4 heterocycles. The summed E-state index contributed by atoms with van der Waals surface area (Å²) in [6.45, 7) is 0. The highest BCUT2D eigenvalue weighted by Crippen LogP contribution is 2.53. The molecule has 6 heteroatoms. The van der Waals surface area contributed by atoms with Gasteiger partial charge in [-0.05, 0) is 95.1 Å². The lowest BCUT2D eigenvalue weighted by atomic mass is 9.89. The molecular weight excluding hydrogens is 853 g/mol. The zero-order chi connectivity index (χ0) is 46.2. The van der Waals surface area contributed by atoms with Crippen LogP contribution >= 0.6 is 0 Å². The first-order valence-electron chi connectivity index (χ1n) is 24.1. The van der Waals surface area contributed by atoms with Crippen LogP contribution in [0.1, 0.15) is 35.4 Å². The van der Waals surface area contributed by atoms with Crippen LogP contribution in [0.25, 0.3) is 104 Å². The van der Waals surface area contributed by atoms with E-state index >= 15 is 0 Å². The van der Waals surface area contributed by atoms with Crippen LogP contribution in [0.3, 0.4) is 0 Å².